The van der Waals surface area contributed by atoms with Crippen LogP contribution in [0.3, 0.4) is 0 Å². The SMILES string of the molecule is NC(=O)[C@H]1CN(C(=O)O)C[C@@H]1C(=O)O. The fourth-order valence-corrected chi connectivity index (χ4v) is 1.50. The van der Waals surface area contributed by atoms with Crippen molar-refractivity contribution in [3.8, 4) is 0 Å². The molecule has 0 saturated carbocycles. The number of carbonyl (C=O) groups is 3. The summed E-state index contributed by atoms with van der Waals surface area (Å²) in [6.07, 6.45) is -1.24. The van der Waals surface area contributed by atoms with E-state index in [2.05, 4.69) is 0 Å². The molecule has 0 aromatic carbocycles. The maximum Gasteiger partial charge on any atom is 0.407 e. The van der Waals surface area contributed by atoms with E-state index in [9.17, 15) is 14.4 Å². The van der Waals surface area contributed by atoms with Crippen molar-refractivity contribution in [3.63, 3.8) is 0 Å². The van der Waals surface area contributed by atoms with E-state index in [-0.39, 0.29) is 13.1 Å². The van der Waals surface area contributed by atoms with Gasteiger partial charge >= 0.3 is 12.1 Å². The van der Waals surface area contributed by atoms with E-state index in [1.54, 1.807) is 0 Å². The fourth-order valence-electron chi connectivity index (χ4n) is 1.50. The van der Waals surface area contributed by atoms with Gasteiger partial charge in [-0.15, -0.1) is 0 Å². The lowest BCUT2D eigenvalue weighted by molar-refractivity contribution is -0.144. The quantitative estimate of drug-likeness (QED) is 0.518. The first kappa shape index (κ1) is 10.3. The maximum atomic E-state index is 10.8. The maximum absolute atomic E-state index is 10.8. The monoisotopic (exact) mass is 202 g/mol. The van der Waals surface area contributed by atoms with Crippen molar-refractivity contribution in [3.05, 3.63) is 0 Å². The average molecular weight is 202 g/mol. The zero-order valence-corrected chi connectivity index (χ0v) is 7.21. The van der Waals surface area contributed by atoms with Gasteiger partial charge in [0.2, 0.25) is 5.91 Å². The van der Waals surface area contributed by atoms with Crippen LogP contribution in [-0.4, -0.2) is 46.2 Å². The van der Waals surface area contributed by atoms with Crippen LogP contribution in [0.5, 0.6) is 0 Å². The van der Waals surface area contributed by atoms with E-state index in [0.717, 1.165) is 4.90 Å². The Kier molecular flexibility index (Phi) is 2.59. The Balaban J connectivity index is 2.80. The van der Waals surface area contributed by atoms with Gasteiger partial charge in [-0.25, -0.2) is 4.79 Å². The molecule has 2 atom stereocenters. The summed E-state index contributed by atoms with van der Waals surface area (Å²) in [6, 6.07) is 0. The fraction of sp³-hybridized carbons (Fsp3) is 0.571. The number of rotatable bonds is 2. The molecule has 0 radical (unpaired) electrons. The second-order valence-electron chi connectivity index (χ2n) is 3.14. The standard InChI is InChI=1S/C7H10N2O5/c8-5(10)3-1-9(7(13)14)2-4(3)6(11)12/h3-4H,1-2H2,(H2,8,10)(H,11,12)(H,13,14)/t3-,4-/m0/s1. The zero-order valence-electron chi connectivity index (χ0n) is 7.21. The topological polar surface area (TPSA) is 121 Å². The van der Waals surface area contributed by atoms with Crippen LogP contribution in [0.1, 0.15) is 0 Å². The third-order valence-electron chi connectivity index (χ3n) is 2.27. The van der Waals surface area contributed by atoms with Gasteiger partial charge in [-0.1, -0.05) is 0 Å². The molecule has 4 N–H and O–H groups in total. The molecule has 2 amide bonds. The van der Waals surface area contributed by atoms with Gasteiger partial charge in [-0.05, 0) is 0 Å². The van der Waals surface area contributed by atoms with Gasteiger partial charge in [0.05, 0.1) is 11.8 Å². The molecule has 0 spiro atoms. The van der Waals surface area contributed by atoms with E-state index in [1.807, 2.05) is 0 Å². The van der Waals surface area contributed by atoms with Gasteiger partial charge in [0.15, 0.2) is 0 Å². The van der Waals surface area contributed by atoms with Gasteiger partial charge in [0.25, 0.3) is 0 Å². The molecule has 14 heavy (non-hydrogen) atoms. The van der Waals surface area contributed by atoms with Gasteiger partial charge in [0, 0.05) is 13.1 Å². The van der Waals surface area contributed by atoms with Crippen molar-refractivity contribution in [1.29, 1.82) is 0 Å². The molecule has 1 aliphatic rings. The minimum atomic E-state index is -1.24. The summed E-state index contributed by atoms with van der Waals surface area (Å²) in [5.41, 5.74) is 4.97. The Morgan fingerprint density at radius 1 is 1.14 bits per heavy atom. The van der Waals surface area contributed by atoms with E-state index in [4.69, 9.17) is 15.9 Å². The van der Waals surface area contributed by atoms with Crippen molar-refractivity contribution < 1.29 is 24.6 Å². The van der Waals surface area contributed by atoms with E-state index in [0.29, 0.717) is 0 Å². The number of carboxylic acids is 1. The molecule has 1 heterocycles. The molecule has 1 rings (SSSR count). The summed E-state index contributed by atoms with van der Waals surface area (Å²) in [6.45, 7) is -0.320. The van der Waals surface area contributed by atoms with Gasteiger partial charge in [0.1, 0.15) is 0 Å². The van der Waals surface area contributed by atoms with Gasteiger partial charge < -0.3 is 20.8 Å². The summed E-state index contributed by atoms with van der Waals surface area (Å²) in [5, 5.41) is 17.3. The highest BCUT2D eigenvalue weighted by molar-refractivity contribution is 5.85. The normalized spacial score (nSPS) is 26.1. The molecule has 1 fully saturated rings. The lowest BCUT2D eigenvalue weighted by atomic mass is 9.96. The van der Waals surface area contributed by atoms with Crippen LogP contribution in [0, 0.1) is 11.8 Å². The number of nitrogens with two attached hydrogens (primary N) is 1. The van der Waals surface area contributed by atoms with Crippen molar-refractivity contribution in [1.82, 2.24) is 4.90 Å². The summed E-state index contributed by atoms with van der Waals surface area (Å²) < 4.78 is 0. The second-order valence-corrected chi connectivity index (χ2v) is 3.14. The molecule has 1 aliphatic heterocycles. The Labute approximate surface area is 79.1 Å². The Morgan fingerprint density at radius 3 is 1.93 bits per heavy atom. The molecule has 1 saturated heterocycles. The highest BCUT2D eigenvalue weighted by Gasteiger charge is 2.42. The Bertz CT molecular complexity index is 268. The van der Waals surface area contributed by atoms with Crippen molar-refractivity contribution in [2.75, 3.05) is 13.1 Å². The summed E-state index contributed by atoms with van der Waals surface area (Å²) in [5.74, 6) is -3.93. The van der Waals surface area contributed by atoms with Gasteiger partial charge in [-0.2, -0.15) is 0 Å². The first-order valence-corrected chi connectivity index (χ1v) is 3.93. The van der Waals surface area contributed by atoms with Crippen LogP contribution >= 0.6 is 0 Å². The third-order valence-corrected chi connectivity index (χ3v) is 2.27. The highest BCUT2D eigenvalue weighted by Crippen LogP contribution is 2.23. The summed E-state index contributed by atoms with van der Waals surface area (Å²) >= 11 is 0. The number of hydrogen-bond donors (Lipinski definition) is 3. The van der Waals surface area contributed by atoms with Crippen molar-refractivity contribution in [2.24, 2.45) is 17.6 Å². The second kappa shape index (κ2) is 3.52. The summed E-state index contributed by atoms with van der Waals surface area (Å²) in [4.78, 5) is 32.9. The zero-order chi connectivity index (χ0) is 10.9. The molecule has 0 bridgehead atoms. The number of carboxylic acid groups (broad SMARTS) is 2. The molecule has 0 aromatic heterocycles. The number of hydrogen-bond acceptors (Lipinski definition) is 3. The molecule has 78 valence electrons. The Hall–Kier alpha value is -1.79. The number of likely N-dealkylation sites (tertiary alicyclic amines) is 1. The predicted molar refractivity (Wildman–Crippen MR) is 43.4 cm³/mol. The number of primary amides is 1. The molecule has 0 aromatic rings. The van der Waals surface area contributed by atoms with Crippen molar-refractivity contribution >= 4 is 18.0 Å². The third kappa shape index (κ3) is 1.76. The number of carbonyl (C=O) groups excluding carboxylic acids is 1. The minimum Gasteiger partial charge on any atom is -0.481 e. The molecule has 7 heteroatoms. The number of amides is 2. The van der Waals surface area contributed by atoms with Crippen LogP contribution < -0.4 is 5.73 Å². The van der Waals surface area contributed by atoms with Crippen LogP contribution in [0.25, 0.3) is 0 Å². The van der Waals surface area contributed by atoms with Crippen LogP contribution in [0.15, 0.2) is 0 Å². The molecular weight excluding hydrogens is 192 g/mol. The van der Waals surface area contributed by atoms with Crippen LogP contribution in [-0.2, 0) is 9.59 Å². The largest absolute Gasteiger partial charge is 0.481 e. The average Bonchev–Trinajstić information content (AvgIpc) is 2.47. The lowest BCUT2D eigenvalue weighted by Crippen LogP contribution is -2.33. The summed E-state index contributed by atoms with van der Waals surface area (Å²) in [7, 11) is 0. The predicted octanol–water partition coefficient (Wildman–Crippen LogP) is -1.22. The van der Waals surface area contributed by atoms with E-state index >= 15 is 0 Å². The van der Waals surface area contributed by atoms with Crippen molar-refractivity contribution in [2.45, 2.75) is 0 Å². The highest BCUT2D eigenvalue weighted by atomic mass is 16.4. The number of aliphatic carboxylic acids is 1. The minimum absolute atomic E-state index is 0.137. The first-order valence-electron chi connectivity index (χ1n) is 3.93. The van der Waals surface area contributed by atoms with E-state index < -0.39 is 29.8 Å². The van der Waals surface area contributed by atoms with Gasteiger partial charge in [-0.3, -0.25) is 9.59 Å². The van der Waals surface area contributed by atoms with Crippen LogP contribution in [0.4, 0.5) is 4.79 Å². The molecular formula is C7H10N2O5. The molecule has 7 nitrogen and oxygen atoms in total. The molecule has 0 unspecified atom stereocenters. The molecule has 0 aliphatic carbocycles. The smallest absolute Gasteiger partial charge is 0.407 e. The van der Waals surface area contributed by atoms with E-state index in [1.165, 1.54) is 0 Å². The first-order chi connectivity index (χ1) is 6.43. The lowest BCUT2D eigenvalue weighted by Gasteiger charge is -2.09. The van der Waals surface area contributed by atoms with Crippen LogP contribution in [0.2, 0.25) is 0 Å². The number of nitrogens with zero attached hydrogens (tertiary/aromatic N) is 1. The Morgan fingerprint density at radius 2 is 1.64 bits per heavy atom.